The van der Waals surface area contributed by atoms with E-state index in [1.54, 1.807) is 6.26 Å². The minimum absolute atomic E-state index is 0.310. The molecule has 7 heteroatoms. The Balaban J connectivity index is 3.22. The van der Waals surface area contributed by atoms with Crippen molar-refractivity contribution in [2.75, 3.05) is 6.26 Å². The molecule has 0 saturated carbocycles. The third-order valence-corrected chi connectivity index (χ3v) is 2.65. The molecule has 0 aromatic heterocycles. The summed E-state index contributed by atoms with van der Waals surface area (Å²) >= 11 is 1.16. The lowest BCUT2D eigenvalue weighted by Gasteiger charge is -2.11. The van der Waals surface area contributed by atoms with Gasteiger partial charge < -0.3 is 0 Å². The smallest absolute Gasteiger partial charge is 0.264 e. The zero-order valence-corrected chi connectivity index (χ0v) is 9.06. The summed E-state index contributed by atoms with van der Waals surface area (Å²) in [5.74, 6) is 0. The fourth-order valence-corrected chi connectivity index (χ4v) is 1.66. The molecule has 0 amide bonds. The highest BCUT2D eigenvalue weighted by Crippen LogP contribution is 2.34. The predicted molar refractivity (Wildman–Crippen MR) is 53.9 cm³/mol. The SMILES string of the molecule is CSc1ccc(C[N+](=O)[O-])c(C(F)(F)F)c1. The predicted octanol–water partition coefficient (Wildman–Crippen LogP) is 3.20. The van der Waals surface area contributed by atoms with Gasteiger partial charge in [-0.15, -0.1) is 11.8 Å². The highest BCUT2D eigenvalue weighted by atomic mass is 32.2. The van der Waals surface area contributed by atoms with Crippen LogP contribution in [0.15, 0.2) is 23.1 Å². The molecule has 0 saturated heterocycles. The maximum Gasteiger partial charge on any atom is 0.416 e. The zero-order chi connectivity index (χ0) is 12.3. The van der Waals surface area contributed by atoms with Gasteiger partial charge in [0, 0.05) is 15.4 Å². The topological polar surface area (TPSA) is 43.1 Å². The number of nitro groups is 1. The summed E-state index contributed by atoms with van der Waals surface area (Å²) in [6.45, 7) is -0.816. The molecule has 0 spiro atoms. The van der Waals surface area contributed by atoms with Crippen molar-refractivity contribution in [1.82, 2.24) is 0 Å². The second-order valence-corrected chi connectivity index (χ2v) is 3.89. The van der Waals surface area contributed by atoms with E-state index in [1.807, 2.05) is 0 Å². The summed E-state index contributed by atoms with van der Waals surface area (Å²) in [5.41, 5.74) is -1.24. The number of alkyl halides is 3. The van der Waals surface area contributed by atoms with Crippen molar-refractivity contribution in [1.29, 1.82) is 0 Å². The molecule has 0 aliphatic heterocycles. The Labute approximate surface area is 93.8 Å². The molecule has 88 valence electrons. The zero-order valence-electron chi connectivity index (χ0n) is 8.25. The normalized spacial score (nSPS) is 11.5. The number of thioether (sulfide) groups is 1. The molecule has 1 aromatic rings. The van der Waals surface area contributed by atoms with Crippen LogP contribution >= 0.6 is 11.8 Å². The van der Waals surface area contributed by atoms with E-state index in [0.717, 1.165) is 23.9 Å². The number of hydrogen-bond donors (Lipinski definition) is 0. The van der Waals surface area contributed by atoms with Gasteiger partial charge in [0.25, 0.3) is 0 Å². The van der Waals surface area contributed by atoms with Crippen molar-refractivity contribution in [3.8, 4) is 0 Å². The fourth-order valence-electron chi connectivity index (χ4n) is 1.22. The second kappa shape index (κ2) is 4.73. The molecular formula is C9H8F3NO2S. The van der Waals surface area contributed by atoms with Gasteiger partial charge >= 0.3 is 6.18 Å². The van der Waals surface area contributed by atoms with E-state index in [2.05, 4.69) is 0 Å². The lowest BCUT2D eigenvalue weighted by Crippen LogP contribution is -2.12. The van der Waals surface area contributed by atoms with Gasteiger partial charge in [0.05, 0.1) is 5.56 Å². The minimum Gasteiger partial charge on any atom is -0.264 e. The maximum absolute atomic E-state index is 12.6. The van der Waals surface area contributed by atoms with Crippen molar-refractivity contribution >= 4 is 11.8 Å². The van der Waals surface area contributed by atoms with Crippen LogP contribution in [0.2, 0.25) is 0 Å². The molecule has 0 unspecified atom stereocenters. The number of hydrogen-bond acceptors (Lipinski definition) is 3. The Kier molecular flexibility index (Phi) is 3.79. The summed E-state index contributed by atoms with van der Waals surface area (Å²) in [7, 11) is 0. The van der Waals surface area contributed by atoms with Gasteiger partial charge in [-0.25, -0.2) is 0 Å². The Morgan fingerprint density at radius 3 is 2.50 bits per heavy atom. The van der Waals surface area contributed by atoms with Crippen LogP contribution in [0.1, 0.15) is 11.1 Å². The van der Waals surface area contributed by atoms with Crippen LogP contribution in [-0.4, -0.2) is 11.2 Å². The van der Waals surface area contributed by atoms with Gasteiger partial charge in [0.15, 0.2) is 0 Å². The van der Waals surface area contributed by atoms with Crippen molar-refractivity contribution < 1.29 is 18.1 Å². The Morgan fingerprint density at radius 2 is 2.06 bits per heavy atom. The standard InChI is InChI=1S/C9H8F3NO2S/c1-16-7-3-2-6(5-13(14)15)8(4-7)9(10,11)12/h2-4H,5H2,1H3. The summed E-state index contributed by atoms with van der Waals surface area (Å²) < 4.78 is 37.7. The molecule has 0 atom stereocenters. The maximum atomic E-state index is 12.6. The lowest BCUT2D eigenvalue weighted by molar-refractivity contribution is -0.497. The largest absolute Gasteiger partial charge is 0.416 e. The number of halogens is 3. The molecule has 0 heterocycles. The molecule has 0 aliphatic rings. The number of nitrogens with zero attached hydrogens (tertiary/aromatic N) is 1. The summed E-state index contributed by atoms with van der Waals surface area (Å²) in [6.07, 6.45) is -2.92. The van der Waals surface area contributed by atoms with Crippen LogP contribution in [0.3, 0.4) is 0 Å². The summed E-state index contributed by atoms with van der Waals surface area (Å²) in [4.78, 5) is 9.89. The average molecular weight is 251 g/mol. The molecule has 3 nitrogen and oxygen atoms in total. The van der Waals surface area contributed by atoms with Gasteiger partial charge in [0.2, 0.25) is 6.54 Å². The number of rotatable bonds is 3. The Morgan fingerprint density at radius 1 is 1.44 bits per heavy atom. The molecule has 0 radical (unpaired) electrons. The summed E-state index contributed by atoms with van der Waals surface area (Å²) in [6, 6.07) is 3.53. The van der Waals surface area contributed by atoms with Crippen molar-refractivity contribution in [3.63, 3.8) is 0 Å². The van der Waals surface area contributed by atoms with Crippen LogP contribution in [0.5, 0.6) is 0 Å². The van der Waals surface area contributed by atoms with Crippen LogP contribution in [0.4, 0.5) is 13.2 Å². The average Bonchev–Trinajstić information content (AvgIpc) is 2.15. The van der Waals surface area contributed by atoms with E-state index in [0.29, 0.717) is 4.90 Å². The van der Waals surface area contributed by atoms with Crippen LogP contribution in [0, 0.1) is 10.1 Å². The van der Waals surface area contributed by atoms with Crippen LogP contribution < -0.4 is 0 Å². The highest BCUT2D eigenvalue weighted by molar-refractivity contribution is 7.98. The Hall–Kier alpha value is -1.24. The van der Waals surface area contributed by atoms with E-state index in [1.165, 1.54) is 6.07 Å². The molecular weight excluding hydrogens is 243 g/mol. The van der Waals surface area contributed by atoms with Gasteiger partial charge in [-0.2, -0.15) is 13.2 Å². The van der Waals surface area contributed by atoms with Gasteiger partial charge in [-0.05, 0) is 18.4 Å². The van der Waals surface area contributed by atoms with Gasteiger partial charge in [-0.1, -0.05) is 6.07 Å². The fraction of sp³-hybridized carbons (Fsp3) is 0.333. The van der Waals surface area contributed by atoms with Crippen LogP contribution in [0.25, 0.3) is 0 Å². The monoisotopic (exact) mass is 251 g/mol. The van der Waals surface area contributed by atoms with Crippen molar-refractivity contribution in [3.05, 3.63) is 39.4 Å². The van der Waals surface area contributed by atoms with Gasteiger partial charge in [0.1, 0.15) is 0 Å². The van der Waals surface area contributed by atoms with E-state index in [9.17, 15) is 23.3 Å². The Bertz CT molecular complexity index is 406. The van der Waals surface area contributed by atoms with Crippen molar-refractivity contribution in [2.45, 2.75) is 17.6 Å². The minimum atomic E-state index is -4.56. The van der Waals surface area contributed by atoms with Crippen molar-refractivity contribution in [2.24, 2.45) is 0 Å². The first-order chi connectivity index (χ1) is 7.34. The molecule has 1 rings (SSSR count). The first-order valence-electron chi connectivity index (χ1n) is 4.20. The van der Waals surface area contributed by atoms with E-state index in [4.69, 9.17) is 0 Å². The summed E-state index contributed by atoms with van der Waals surface area (Å²) in [5, 5.41) is 10.2. The molecule has 0 bridgehead atoms. The highest BCUT2D eigenvalue weighted by Gasteiger charge is 2.34. The molecule has 0 fully saturated rings. The molecule has 16 heavy (non-hydrogen) atoms. The third kappa shape index (κ3) is 3.13. The molecule has 1 aromatic carbocycles. The van der Waals surface area contributed by atoms with E-state index in [-0.39, 0.29) is 5.56 Å². The first-order valence-corrected chi connectivity index (χ1v) is 5.43. The molecule has 0 aliphatic carbocycles. The van der Waals surface area contributed by atoms with Gasteiger partial charge in [-0.3, -0.25) is 10.1 Å². The molecule has 0 N–H and O–H groups in total. The number of benzene rings is 1. The first kappa shape index (κ1) is 12.8. The van der Waals surface area contributed by atoms with Crippen LogP contribution in [-0.2, 0) is 12.7 Å². The second-order valence-electron chi connectivity index (χ2n) is 3.01. The van der Waals surface area contributed by atoms with E-state index < -0.39 is 23.2 Å². The quantitative estimate of drug-likeness (QED) is 0.470. The van der Waals surface area contributed by atoms with E-state index >= 15 is 0 Å². The lowest BCUT2D eigenvalue weighted by atomic mass is 10.1. The third-order valence-electron chi connectivity index (χ3n) is 1.92.